The van der Waals surface area contributed by atoms with E-state index in [4.69, 9.17) is 16.3 Å². The van der Waals surface area contributed by atoms with Gasteiger partial charge >= 0.3 is 0 Å². The lowest BCUT2D eigenvalue weighted by Crippen LogP contribution is -2.31. The number of carbonyl (C=O) groups excluding carboxylic acids is 1. The number of carbonyl (C=O) groups is 1. The Morgan fingerprint density at radius 1 is 1.57 bits per heavy atom. The Hall–Kier alpha value is -1.17. The first kappa shape index (κ1) is 16.2. The Morgan fingerprint density at radius 3 is 3.00 bits per heavy atom. The van der Waals surface area contributed by atoms with Crippen molar-refractivity contribution in [2.24, 2.45) is 5.92 Å². The third-order valence-electron chi connectivity index (χ3n) is 3.67. The van der Waals surface area contributed by atoms with Gasteiger partial charge in [0.15, 0.2) is 0 Å². The molecule has 21 heavy (non-hydrogen) atoms. The molecule has 0 radical (unpaired) electrons. The van der Waals surface area contributed by atoms with E-state index in [2.05, 4.69) is 5.32 Å². The van der Waals surface area contributed by atoms with E-state index in [0.29, 0.717) is 24.5 Å². The quantitative estimate of drug-likeness (QED) is 0.847. The molecular formula is C15H19ClFNO3. The summed E-state index contributed by atoms with van der Waals surface area (Å²) in [7, 11) is 0. The summed E-state index contributed by atoms with van der Waals surface area (Å²) in [4.78, 5) is 11.9. The number of aliphatic hydroxyl groups excluding tert-OH is 1. The van der Waals surface area contributed by atoms with Gasteiger partial charge in [0, 0.05) is 19.6 Å². The van der Waals surface area contributed by atoms with Crippen molar-refractivity contribution in [3.8, 4) is 0 Å². The molecule has 1 amide bonds. The molecule has 1 heterocycles. The fraction of sp³-hybridized carbons (Fsp3) is 0.533. The standard InChI is InChI=1S/C15H19ClFNO3/c16-12-3-2-11(7-13(12)17)14(8-19)18-15(20)4-1-10-5-6-21-9-10/h2-3,7,10,14,19H,1,4-6,8-9H2,(H,18,20). The van der Waals surface area contributed by atoms with E-state index < -0.39 is 11.9 Å². The minimum atomic E-state index is -0.621. The summed E-state index contributed by atoms with van der Waals surface area (Å²) in [6.45, 7) is 1.17. The molecule has 1 aromatic rings. The molecule has 116 valence electrons. The zero-order valence-electron chi connectivity index (χ0n) is 11.6. The largest absolute Gasteiger partial charge is 0.394 e. The lowest BCUT2D eigenvalue weighted by molar-refractivity contribution is -0.122. The Balaban J connectivity index is 1.88. The number of benzene rings is 1. The molecular weight excluding hydrogens is 297 g/mol. The maximum atomic E-state index is 13.4. The lowest BCUT2D eigenvalue weighted by atomic mass is 10.0. The zero-order chi connectivity index (χ0) is 15.2. The molecule has 2 atom stereocenters. The average molecular weight is 316 g/mol. The van der Waals surface area contributed by atoms with Crippen LogP contribution < -0.4 is 5.32 Å². The third kappa shape index (κ3) is 4.66. The maximum Gasteiger partial charge on any atom is 0.220 e. The van der Waals surface area contributed by atoms with Crippen molar-refractivity contribution < 1.29 is 19.0 Å². The third-order valence-corrected chi connectivity index (χ3v) is 3.97. The van der Waals surface area contributed by atoms with Gasteiger partial charge in [-0.2, -0.15) is 0 Å². The molecule has 1 saturated heterocycles. The summed E-state index contributed by atoms with van der Waals surface area (Å²) in [5.41, 5.74) is 0.497. The second-order valence-electron chi connectivity index (χ2n) is 5.24. The van der Waals surface area contributed by atoms with Crippen molar-refractivity contribution in [1.82, 2.24) is 5.32 Å². The number of nitrogens with one attached hydrogen (secondary N) is 1. The predicted molar refractivity (Wildman–Crippen MR) is 77.5 cm³/mol. The first-order valence-electron chi connectivity index (χ1n) is 7.03. The van der Waals surface area contributed by atoms with Crippen LogP contribution in [0.5, 0.6) is 0 Å². The molecule has 1 aliphatic heterocycles. The molecule has 1 aliphatic rings. The number of rotatable bonds is 6. The summed E-state index contributed by atoms with van der Waals surface area (Å²) < 4.78 is 18.7. The number of aliphatic hydroxyl groups is 1. The first-order valence-corrected chi connectivity index (χ1v) is 7.41. The molecule has 1 aromatic carbocycles. The Labute approximate surface area is 128 Å². The van der Waals surface area contributed by atoms with Crippen LogP contribution >= 0.6 is 11.6 Å². The first-order chi connectivity index (χ1) is 10.1. The summed E-state index contributed by atoms with van der Waals surface area (Å²) in [5, 5.41) is 12.1. The number of hydrogen-bond donors (Lipinski definition) is 2. The minimum absolute atomic E-state index is 0.0167. The van der Waals surface area contributed by atoms with Gasteiger partial charge in [-0.25, -0.2) is 4.39 Å². The summed E-state index contributed by atoms with van der Waals surface area (Å²) in [5.74, 6) is -0.294. The highest BCUT2D eigenvalue weighted by Crippen LogP contribution is 2.21. The lowest BCUT2D eigenvalue weighted by Gasteiger charge is -2.17. The normalized spacial score (nSPS) is 19.5. The molecule has 6 heteroatoms. The Morgan fingerprint density at radius 2 is 2.38 bits per heavy atom. The van der Waals surface area contributed by atoms with Crippen LogP contribution in [0.15, 0.2) is 18.2 Å². The Kier molecular flexibility index (Phi) is 5.96. The van der Waals surface area contributed by atoms with E-state index in [-0.39, 0.29) is 17.5 Å². The van der Waals surface area contributed by atoms with Crippen LogP contribution in [0.2, 0.25) is 5.02 Å². The van der Waals surface area contributed by atoms with Crippen LogP contribution in [0.25, 0.3) is 0 Å². The highest BCUT2D eigenvalue weighted by Gasteiger charge is 2.19. The molecule has 0 aromatic heterocycles. The van der Waals surface area contributed by atoms with E-state index in [0.717, 1.165) is 19.4 Å². The van der Waals surface area contributed by atoms with Crippen LogP contribution in [-0.2, 0) is 9.53 Å². The SMILES string of the molecule is O=C(CCC1CCOC1)NC(CO)c1ccc(Cl)c(F)c1. The summed E-state index contributed by atoms with van der Waals surface area (Å²) in [6, 6.07) is 3.62. The van der Waals surface area contributed by atoms with Crippen LogP contribution in [0.4, 0.5) is 4.39 Å². The van der Waals surface area contributed by atoms with E-state index in [1.165, 1.54) is 12.1 Å². The van der Waals surface area contributed by atoms with Gasteiger partial charge in [0.25, 0.3) is 0 Å². The van der Waals surface area contributed by atoms with Gasteiger partial charge in [-0.15, -0.1) is 0 Å². The van der Waals surface area contributed by atoms with E-state index in [1.54, 1.807) is 6.07 Å². The van der Waals surface area contributed by atoms with Gasteiger partial charge in [-0.05, 0) is 36.5 Å². The second kappa shape index (κ2) is 7.73. The summed E-state index contributed by atoms with van der Waals surface area (Å²) in [6.07, 6.45) is 2.12. The molecule has 1 fully saturated rings. The van der Waals surface area contributed by atoms with Gasteiger partial charge in [-0.1, -0.05) is 17.7 Å². The van der Waals surface area contributed by atoms with Crippen LogP contribution in [0.1, 0.15) is 30.9 Å². The van der Waals surface area contributed by atoms with Gasteiger partial charge in [-0.3, -0.25) is 4.79 Å². The van der Waals surface area contributed by atoms with Gasteiger partial charge in [0.2, 0.25) is 5.91 Å². The van der Waals surface area contributed by atoms with Crippen molar-refractivity contribution >= 4 is 17.5 Å². The minimum Gasteiger partial charge on any atom is -0.394 e. The van der Waals surface area contributed by atoms with Crippen molar-refractivity contribution in [3.05, 3.63) is 34.6 Å². The number of hydrogen-bond acceptors (Lipinski definition) is 3. The van der Waals surface area contributed by atoms with Gasteiger partial charge in [0.05, 0.1) is 17.7 Å². The van der Waals surface area contributed by atoms with E-state index in [9.17, 15) is 14.3 Å². The van der Waals surface area contributed by atoms with Crippen molar-refractivity contribution in [1.29, 1.82) is 0 Å². The molecule has 0 bridgehead atoms. The maximum absolute atomic E-state index is 13.4. The summed E-state index contributed by atoms with van der Waals surface area (Å²) >= 11 is 5.62. The fourth-order valence-electron chi connectivity index (χ4n) is 2.38. The fourth-order valence-corrected chi connectivity index (χ4v) is 2.49. The van der Waals surface area contributed by atoms with E-state index in [1.807, 2.05) is 0 Å². The van der Waals surface area contributed by atoms with Gasteiger partial charge < -0.3 is 15.2 Å². The zero-order valence-corrected chi connectivity index (χ0v) is 12.4. The molecule has 0 aliphatic carbocycles. The smallest absolute Gasteiger partial charge is 0.220 e. The second-order valence-corrected chi connectivity index (χ2v) is 5.65. The van der Waals surface area contributed by atoms with Crippen molar-refractivity contribution in [3.63, 3.8) is 0 Å². The van der Waals surface area contributed by atoms with Gasteiger partial charge in [0.1, 0.15) is 5.82 Å². The topological polar surface area (TPSA) is 58.6 Å². The number of halogens is 2. The Bertz CT molecular complexity index is 492. The monoisotopic (exact) mass is 315 g/mol. The highest BCUT2D eigenvalue weighted by molar-refractivity contribution is 6.30. The molecule has 2 N–H and O–H groups in total. The molecule has 2 unspecified atom stereocenters. The van der Waals surface area contributed by atoms with Crippen molar-refractivity contribution in [2.45, 2.75) is 25.3 Å². The average Bonchev–Trinajstić information content (AvgIpc) is 2.99. The van der Waals surface area contributed by atoms with Crippen LogP contribution in [0, 0.1) is 11.7 Å². The predicted octanol–water partition coefficient (Wildman–Crippen LogP) is 2.45. The van der Waals surface area contributed by atoms with E-state index >= 15 is 0 Å². The molecule has 4 nitrogen and oxygen atoms in total. The molecule has 0 spiro atoms. The van der Waals surface area contributed by atoms with Crippen LogP contribution in [0.3, 0.4) is 0 Å². The highest BCUT2D eigenvalue weighted by atomic mass is 35.5. The molecule has 2 rings (SSSR count). The number of amides is 1. The van der Waals surface area contributed by atoms with Crippen LogP contribution in [-0.4, -0.2) is 30.8 Å². The number of ether oxygens (including phenoxy) is 1. The molecule has 0 saturated carbocycles. The van der Waals surface area contributed by atoms with Crippen molar-refractivity contribution in [2.75, 3.05) is 19.8 Å².